The second-order valence-corrected chi connectivity index (χ2v) is 4.20. The fourth-order valence-corrected chi connectivity index (χ4v) is 1.84. The molecule has 0 fully saturated rings. The molecule has 0 saturated heterocycles. The third kappa shape index (κ3) is 2.30. The monoisotopic (exact) mass is 245 g/mol. The van der Waals surface area contributed by atoms with Gasteiger partial charge in [-0.2, -0.15) is 5.26 Å². The number of aryl methyl sites for hydroxylation is 1. The Labute approximate surface area is 104 Å². The first kappa shape index (κ1) is 11.6. The summed E-state index contributed by atoms with van der Waals surface area (Å²) in [5.74, 6) is -0.457. The van der Waals surface area contributed by atoms with Crippen LogP contribution in [-0.4, -0.2) is 0 Å². The summed E-state index contributed by atoms with van der Waals surface area (Å²) in [6, 6.07) is 12.1. The van der Waals surface area contributed by atoms with E-state index in [1.807, 2.05) is 19.1 Å². The van der Waals surface area contributed by atoms with Crippen molar-refractivity contribution in [2.75, 3.05) is 0 Å². The van der Waals surface area contributed by atoms with E-state index in [-0.39, 0.29) is 5.02 Å². The zero-order valence-electron chi connectivity index (χ0n) is 9.17. The fourth-order valence-electron chi connectivity index (χ4n) is 1.66. The van der Waals surface area contributed by atoms with Crippen molar-refractivity contribution in [3.05, 3.63) is 58.4 Å². The van der Waals surface area contributed by atoms with Crippen molar-refractivity contribution < 1.29 is 4.39 Å². The predicted octanol–water partition coefficient (Wildman–Crippen LogP) is 4.33. The van der Waals surface area contributed by atoms with Gasteiger partial charge in [-0.1, -0.05) is 35.4 Å². The molecular formula is C14H9ClFN. The minimum absolute atomic E-state index is 0.0629. The molecule has 2 rings (SSSR count). The lowest BCUT2D eigenvalue weighted by atomic mass is 9.98. The van der Waals surface area contributed by atoms with Crippen LogP contribution in [-0.2, 0) is 0 Å². The molecule has 0 bridgehead atoms. The summed E-state index contributed by atoms with van der Waals surface area (Å²) in [5, 5.41) is 9.10. The maximum Gasteiger partial charge on any atom is 0.141 e. The van der Waals surface area contributed by atoms with Crippen LogP contribution >= 0.6 is 11.6 Å². The number of nitrogens with zero attached hydrogens (tertiary/aromatic N) is 1. The highest BCUT2D eigenvalue weighted by atomic mass is 35.5. The van der Waals surface area contributed by atoms with Crippen molar-refractivity contribution in [2.45, 2.75) is 6.92 Å². The first-order valence-electron chi connectivity index (χ1n) is 5.08. The molecule has 0 N–H and O–H groups in total. The Morgan fingerprint density at radius 2 is 1.94 bits per heavy atom. The number of hydrogen-bond acceptors (Lipinski definition) is 1. The number of hydrogen-bond donors (Lipinski definition) is 0. The van der Waals surface area contributed by atoms with E-state index < -0.39 is 5.82 Å². The molecule has 1 nitrogen and oxygen atoms in total. The third-order valence-corrected chi connectivity index (χ3v) is 2.82. The van der Waals surface area contributed by atoms with E-state index in [1.54, 1.807) is 12.1 Å². The number of benzene rings is 2. The lowest BCUT2D eigenvalue weighted by molar-refractivity contribution is 0.628. The molecule has 0 aliphatic heterocycles. The van der Waals surface area contributed by atoms with Gasteiger partial charge in [0.25, 0.3) is 0 Å². The second-order valence-electron chi connectivity index (χ2n) is 3.79. The Morgan fingerprint density at radius 3 is 2.59 bits per heavy atom. The van der Waals surface area contributed by atoms with E-state index in [0.717, 1.165) is 16.7 Å². The summed E-state index contributed by atoms with van der Waals surface area (Å²) in [6.45, 7) is 1.94. The highest BCUT2D eigenvalue weighted by molar-refractivity contribution is 6.31. The molecule has 0 spiro atoms. The Morgan fingerprint density at radius 1 is 1.18 bits per heavy atom. The largest absolute Gasteiger partial charge is 0.205 e. The van der Waals surface area contributed by atoms with Crippen LogP contribution in [0, 0.1) is 24.1 Å². The molecule has 84 valence electrons. The van der Waals surface area contributed by atoms with E-state index in [0.29, 0.717) is 5.56 Å². The molecule has 2 aromatic carbocycles. The van der Waals surface area contributed by atoms with Gasteiger partial charge < -0.3 is 0 Å². The normalized spacial score (nSPS) is 10.0. The van der Waals surface area contributed by atoms with Crippen molar-refractivity contribution in [1.82, 2.24) is 0 Å². The van der Waals surface area contributed by atoms with Crippen LogP contribution in [0.15, 0.2) is 36.4 Å². The second kappa shape index (κ2) is 4.57. The van der Waals surface area contributed by atoms with E-state index in [2.05, 4.69) is 6.07 Å². The lowest BCUT2D eigenvalue weighted by Crippen LogP contribution is -1.87. The summed E-state index contributed by atoms with van der Waals surface area (Å²) in [5.41, 5.74) is 3.11. The number of nitriles is 1. The van der Waals surface area contributed by atoms with Crippen LogP contribution in [0.1, 0.15) is 11.1 Å². The van der Waals surface area contributed by atoms with Gasteiger partial charge in [-0.15, -0.1) is 0 Å². The van der Waals surface area contributed by atoms with Gasteiger partial charge in [0.15, 0.2) is 0 Å². The smallest absolute Gasteiger partial charge is 0.141 e. The highest BCUT2D eigenvalue weighted by Gasteiger charge is 2.07. The maximum atomic E-state index is 13.1. The molecule has 0 heterocycles. The van der Waals surface area contributed by atoms with Gasteiger partial charge in [-0.25, -0.2) is 4.39 Å². The van der Waals surface area contributed by atoms with E-state index >= 15 is 0 Å². The van der Waals surface area contributed by atoms with Gasteiger partial charge in [0.2, 0.25) is 0 Å². The SMILES string of the molecule is Cc1ccc(C#N)c(-c2ccc(F)c(Cl)c2)c1. The summed E-state index contributed by atoms with van der Waals surface area (Å²) in [6.07, 6.45) is 0. The minimum Gasteiger partial charge on any atom is -0.205 e. The molecule has 0 atom stereocenters. The molecule has 3 heteroatoms. The van der Waals surface area contributed by atoms with Crippen molar-refractivity contribution in [2.24, 2.45) is 0 Å². The van der Waals surface area contributed by atoms with Crippen molar-refractivity contribution in [1.29, 1.82) is 5.26 Å². The molecule has 0 aromatic heterocycles. The Balaban J connectivity index is 2.63. The van der Waals surface area contributed by atoms with E-state index in [1.165, 1.54) is 12.1 Å². The van der Waals surface area contributed by atoms with Crippen LogP contribution < -0.4 is 0 Å². The van der Waals surface area contributed by atoms with E-state index in [9.17, 15) is 4.39 Å². The van der Waals surface area contributed by atoms with Crippen LogP contribution in [0.4, 0.5) is 4.39 Å². The van der Waals surface area contributed by atoms with Crippen LogP contribution in [0.3, 0.4) is 0 Å². The van der Waals surface area contributed by atoms with Crippen molar-refractivity contribution >= 4 is 11.6 Å². The third-order valence-electron chi connectivity index (χ3n) is 2.53. The zero-order valence-corrected chi connectivity index (χ0v) is 9.92. The topological polar surface area (TPSA) is 23.8 Å². The molecule has 0 radical (unpaired) electrons. The molecule has 17 heavy (non-hydrogen) atoms. The average molecular weight is 246 g/mol. The fraction of sp³-hybridized carbons (Fsp3) is 0.0714. The molecule has 0 amide bonds. The number of rotatable bonds is 1. The van der Waals surface area contributed by atoms with E-state index in [4.69, 9.17) is 16.9 Å². The van der Waals surface area contributed by atoms with Gasteiger partial charge in [0.05, 0.1) is 16.7 Å². The average Bonchev–Trinajstić information content (AvgIpc) is 2.32. The minimum atomic E-state index is -0.457. The molecular weight excluding hydrogens is 237 g/mol. The summed E-state index contributed by atoms with van der Waals surface area (Å²) in [4.78, 5) is 0. The Bertz CT molecular complexity index is 614. The van der Waals surface area contributed by atoms with Crippen LogP contribution in [0.25, 0.3) is 11.1 Å². The molecule has 0 aliphatic rings. The lowest BCUT2D eigenvalue weighted by Gasteiger charge is -2.06. The van der Waals surface area contributed by atoms with Gasteiger partial charge in [0, 0.05) is 0 Å². The van der Waals surface area contributed by atoms with Crippen LogP contribution in [0.2, 0.25) is 5.02 Å². The number of halogens is 2. The van der Waals surface area contributed by atoms with Gasteiger partial charge in [-0.3, -0.25) is 0 Å². The molecule has 0 unspecified atom stereocenters. The summed E-state index contributed by atoms with van der Waals surface area (Å²) >= 11 is 5.74. The van der Waals surface area contributed by atoms with Gasteiger partial charge in [-0.05, 0) is 36.2 Å². The highest BCUT2D eigenvalue weighted by Crippen LogP contribution is 2.28. The maximum absolute atomic E-state index is 13.1. The zero-order chi connectivity index (χ0) is 12.4. The standard InChI is InChI=1S/C14H9ClFN/c1-9-2-3-11(8-17)12(6-9)10-4-5-14(16)13(15)7-10/h2-7H,1H3. The molecule has 2 aromatic rings. The van der Waals surface area contributed by atoms with Crippen molar-refractivity contribution in [3.8, 4) is 17.2 Å². The first-order chi connectivity index (χ1) is 8.11. The quantitative estimate of drug-likeness (QED) is 0.734. The predicted molar refractivity (Wildman–Crippen MR) is 66.3 cm³/mol. The molecule has 0 aliphatic carbocycles. The summed E-state index contributed by atoms with van der Waals surface area (Å²) < 4.78 is 13.1. The Hall–Kier alpha value is -1.85. The van der Waals surface area contributed by atoms with Gasteiger partial charge >= 0.3 is 0 Å². The van der Waals surface area contributed by atoms with Crippen LogP contribution in [0.5, 0.6) is 0 Å². The summed E-state index contributed by atoms with van der Waals surface area (Å²) in [7, 11) is 0. The molecule has 0 saturated carbocycles. The van der Waals surface area contributed by atoms with Gasteiger partial charge in [0.1, 0.15) is 5.82 Å². The first-order valence-corrected chi connectivity index (χ1v) is 5.46. The Kier molecular flexibility index (Phi) is 3.12. The van der Waals surface area contributed by atoms with Crippen molar-refractivity contribution in [3.63, 3.8) is 0 Å².